The third-order valence-corrected chi connectivity index (χ3v) is 1.81. The van der Waals surface area contributed by atoms with E-state index in [9.17, 15) is 14.4 Å². The van der Waals surface area contributed by atoms with E-state index in [0.717, 1.165) is 0 Å². The largest absolute Gasteiger partial charge is 0.352 e. The fourth-order valence-electron chi connectivity index (χ4n) is 1.13. The van der Waals surface area contributed by atoms with Crippen LogP contribution >= 0.6 is 0 Å². The van der Waals surface area contributed by atoms with Crippen molar-refractivity contribution in [3.8, 4) is 0 Å². The Labute approximate surface area is 74.0 Å². The Morgan fingerprint density at radius 3 is 2.54 bits per heavy atom. The Balaban J connectivity index is 2.86. The first-order valence-electron chi connectivity index (χ1n) is 3.71. The summed E-state index contributed by atoms with van der Waals surface area (Å²) in [6, 6.07) is -1.50. The molecule has 1 aliphatic heterocycles. The van der Waals surface area contributed by atoms with Crippen LogP contribution in [0.2, 0.25) is 0 Å². The van der Waals surface area contributed by atoms with Crippen LogP contribution in [-0.2, 0) is 4.79 Å². The summed E-state index contributed by atoms with van der Waals surface area (Å²) >= 11 is 0. The first-order chi connectivity index (χ1) is 6.00. The molecule has 0 aromatic rings. The molecule has 1 heterocycles. The second-order valence-corrected chi connectivity index (χ2v) is 2.66. The third kappa shape index (κ3) is 1.53. The highest BCUT2D eigenvalue weighted by atomic mass is 16.2. The highest BCUT2D eigenvalue weighted by molar-refractivity contribution is 6.08. The molecule has 13 heavy (non-hydrogen) atoms. The van der Waals surface area contributed by atoms with E-state index in [1.54, 1.807) is 6.92 Å². The van der Waals surface area contributed by atoms with Crippen molar-refractivity contribution in [3.05, 3.63) is 0 Å². The minimum Gasteiger partial charge on any atom is -0.352 e. The molecule has 1 aliphatic rings. The van der Waals surface area contributed by atoms with Gasteiger partial charge in [0, 0.05) is 0 Å². The van der Waals surface area contributed by atoms with Gasteiger partial charge in [-0.25, -0.2) is 9.59 Å². The second-order valence-electron chi connectivity index (χ2n) is 2.66. The lowest BCUT2D eigenvalue weighted by Gasteiger charge is -2.24. The molecule has 1 atom stereocenters. The summed E-state index contributed by atoms with van der Waals surface area (Å²) in [5, 5.41) is 6.47. The topological polar surface area (TPSA) is 113 Å². The van der Waals surface area contributed by atoms with Gasteiger partial charge in [0.25, 0.3) is 5.91 Å². The smallest absolute Gasteiger partial charge is 0.323 e. The SMILES string of the molecule is CCC1(NC(N)=O)NC(=O)NC1=O. The molecule has 1 rings (SSSR count). The van der Waals surface area contributed by atoms with Crippen molar-refractivity contribution in [3.63, 3.8) is 0 Å². The number of hydrogen-bond donors (Lipinski definition) is 4. The molecule has 0 radical (unpaired) electrons. The minimum atomic E-state index is -1.39. The van der Waals surface area contributed by atoms with Crippen molar-refractivity contribution in [2.24, 2.45) is 5.73 Å². The number of hydrogen-bond acceptors (Lipinski definition) is 3. The van der Waals surface area contributed by atoms with Crippen molar-refractivity contribution in [2.75, 3.05) is 0 Å². The molecule has 7 heteroatoms. The van der Waals surface area contributed by atoms with E-state index < -0.39 is 23.6 Å². The zero-order valence-electron chi connectivity index (χ0n) is 7.01. The molecule has 1 saturated heterocycles. The third-order valence-electron chi connectivity index (χ3n) is 1.81. The maximum absolute atomic E-state index is 11.2. The first kappa shape index (κ1) is 9.30. The predicted molar refractivity (Wildman–Crippen MR) is 42.4 cm³/mol. The number of rotatable bonds is 2. The highest BCUT2D eigenvalue weighted by Crippen LogP contribution is 2.10. The molecule has 1 fully saturated rings. The van der Waals surface area contributed by atoms with Crippen LogP contribution in [0, 0.1) is 0 Å². The number of carbonyl (C=O) groups excluding carboxylic acids is 3. The molecule has 72 valence electrons. The van der Waals surface area contributed by atoms with Crippen LogP contribution in [-0.4, -0.2) is 23.6 Å². The average Bonchev–Trinajstić information content (AvgIpc) is 2.26. The van der Waals surface area contributed by atoms with E-state index in [1.165, 1.54) is 0 Å². The van der Waals surface area contributed by atoms with Gasteiger partial charge in [0.2, 0.25) is 0 Å². The molecule has 0 aromatic carbocycles. The van der Waals surface area contributed by atoms with E-state index >= 15 is 0 Å². The standard InChI is InChI=1S/C6H10N4O3/c1-2-6(9-4(7)12)3(11)8-5(13)10-6/h2H2,1H3,(H3,7,9,12)(H2,8,10,11,13). The van der Waals surface area contributed by atoms with E-state index in [2.05, 4.69) is 10.6 Å². The van der Waals surface area contributed by atoms with E-state index in [0.29, 0.717) is 0 Å². The molecule has 5 N–H and O–H groups in total. The van der Waals surface area contributed by atoms with Crippen molar-refractivity contribution in [1.82, 2.24) is 16.0 Å². The molecule has 0 spiro atoms. The van der Waals surface area contributed by atoms with Gasteiger partial charge < -0.3 is 16.4 Å². The lowest BCUT2D eigenvalue weighted by molar-refractivity contribution is -0.124. The molecular formula is C6H10N4O3. The Morgan fingerprint density at radius 2 is 2.23 bits per heavy atom. The number of amides is 5. The van der Waals surface area contributed by atoms with E-state index in [4.69, 9.17) is 5.73 Å². The van der Waals surface area contributed by atoms with Crippen LogP contribution in [0.15, 0.2) is 0 Å². The molecule has 1 unspecified atom stereocenters. The summed E-state index contributed by atoms with van der Waals surface area (Å²) in [4.78, 5) is 32.5. The maximum Gasteiger partial charge on any atom is 0.323 e. The number of carbonyl (C=O) groups is 3. The van der Waals surface area contributed by atoms with Crippen LogP contribution in [0.5, 0.6) is 0 Å². The summed E-state index contributed by atoms with van der Waals surface area (Å²) in [5.74, 6) is -0.598. The average molecular weight is 186 g/mol. The van der Waals surface area contributed by atoms with Gasteiger partial charge in [0.1, 0.15) is 0 Å². The summed E-state index contributed by atoms with van der Waals surface area (Å²) in [6.45, 7) is 1.64. The summed E-state index contributed by atoms with van der Waals surface area (Å²) in [5.41, 5.74) is 3.47. The van der Waals surface area contributed by atoms with Crippen LogP contribution in [0.3, 0.4) is 0 Å². The predicted octanol–water partition coefficient (Wildman–Crippen LogP) is -1.40. The molecule has 0 bridgehead atoms. The lowest BCUT2D eigenvalue weighted by atomic mass is 10.1. The molecule has 0 aliphatic carbocycles. The van der Waals surface area contributed by atoms with Crippen LogP contribution < -0.4 is 21.7 Å². The van der Waals surface area contributed by atoms with Gasteiger partial charge in [-0.05, 0) is 6.42 Å². The Morgan fingerprint density at radius 1 is 1.62 bits per heavy atom. The van der Waals surface area contributed by atoms with Gasteiger partial charge in [-0.15, -0.1) is 0 Å². The molecular weight excluding hydrogens is 176 g/mol. The zero-order valence-corrected chi connectivity index (χ0v) is 7.01. The van der Waals surface area contributed by atoms with Crippen molar-refractivity contribution < 1.29 is 14.4 Å². The summed E-state index contributed by atoms with van der Waals surface area (Å²) in [7, 11) is 0. The van der Waals surface area contributed by atoms with Crippen molar-refractivity contribution >= 4 is 18.0 Å². The quantitative estimate of drug-likeness (QED) is 0.398. The monoisotopic (exact) mass is 186 g/mol. The second kappa shape index (κ2) is 2.92. The van der Waals surface area contributed by atoms with Gasteiger partial charge in [0.15, 0.2) is 5.66 Å². The van der Waals surface area contributed by atoms with Crippen LogP contribution in [0.1, 0.15) is 13.3 Å². The molecule has 7 nitrogen and oxygen atoms in total. The Hall–Kier alpha value is -1.79. The Kier molecular flexibility index (Phi) is 2.09. The van der Waals surface area contributed by atoms with Crippen LogP contribution in [0.4, 0.5) is 9.59 Å². The number of nitrogens with two attached hydrogens (primary N) is 1. The van der Waals surface area contributed by atoms with Gasteiger partial charge in [-0.3, -0.25) is 10.1 Å². The Bertz CT molecular complexity index is 277. The number of primary amides is 1. The van der Waals surface area contributed by atoms with Gasteiger partial charge in [-0.2, -0.15) is 0 Å². The lowest BCUT2D eigenvalue weighted by Crippen LogP contribution is -2.61. The normalized spacial score (nSPS) is 26.5. The fraction of sp³-hybridized carbons (Fsp3) is 0.500. The number of imide groups is 1. The van der Waals surface area contributed by atoms with E-state index in [-0.39, 0.29) is 6.42 Å². The summed E-state index contributed by atoms with van der Waals surface area (Å²) in [6.07, 6.45) is 0.230. The molecule has 0 saturated carbocycles. The molecule has 5 amide bonds. The van der Waals surface area contributed by atoms with Crippen molar-refractivity contribution in [1.29, 1.82) is 0 Å². The minimum absolute atomic E-state index is 0.230. The number of urea groups is 2. The van der Waals surface area contributed by atoms with Gasteiger partial charge in [-0.1, -0.05) is 6.92 Å². The van der Waals surface area contributed by atoms with E-state index in [1.807, 2.05) is 5.32 Å². The van der Waals surface area contributed by atoms with Gasteiger partial charge in [0.05, 0.1) is 0 Å². The number of nitrogens with one attached hydrogen (secondary N) is 3. The van der Waals surface area contributed by atoms with Gasteiger partial charge >= 0.3 is 12.1 Å². The zero-order chi connectivity index (χ0) is 10.1. The van der Waals surface area contributed by atoms with Crippen molar-refractivity contribution in [2.45, 2.75) is 19.0 Å². The molecule has 0 aromatic heterocycles. The first-order valence-corrected chi connectivity index (χ1v) is 3.71. The maximum atomic E-state index is 11.2. The fourth-order valence-corrected chi connectivity index (χ4v) is 1.13. The highest BCUT2D eigenvalue weighted by Gasteiger charge is 2.45. The summed E-state index contributed by atoms with van der Waals surface area (Å²) < 4.78 is 0. The van der Waals surface area contributed by atoms with Crippen LogP contribution in [0.25, 0.3) is 0 Å².